The number of nitrogens with zero attached hydrogens (tertiary/aromatic N) is 3. The number of rotatable bonds is 2. The molecule has 22 heavy (non-hydrogen) atoms. The number of halogens is 1. The van der Waals surface area contributed by atoms with Gasteiger partial charge in [-0.05, 0) is 49.5 Å². The molecule has 0 aliphatic carbocycles. The Labute approximate surface area is 132 Å². The van der Waals surface area contributed by atoms with Crippen LogP contribution in [0.1, 0.15) is 11.3 Å². The van der Waals surface area contributed by atoms with Crippen LogP contribution in [0.4, 0.5) is 10.1 Å². The number of amides is 1. The highest BCUT2D eigenvalue weighted by Crippen LogP contribution is 2.23. The molecule has 1 aliphatic rings. The summed E-state index contributed by atoms with van der Waals surface area (Å²) in [7, 11) is 1.83. The maximum atomic E-state index is 13.0. The van der Waals surface area contributed by atoms with Crippen molar-refractivity contribution in [3.05, 3.63) is 53.2 Å². The lowest BCUT2D eigenvalue weighted by atomic mass is 10.2. The Kier molecular flexibility index (Phi) is 3.50. The minimum absolute atomic E-state index is 0.268. The molecule has 0 saturated carbocycles. The number of hydrogen-bond acceptors (Lipinski definition) is 3. The molecule has 1 aromatic heterocycles. The van der Waals surface area contributed by atoms with Crippen molar-refractivity contribution >= 4 is 35.0 Å². The summed E-state index contributed by atoms with van der Waals surface area (Å²) in [5.74, 6) is -0.643. The molecule has 1 saturated heterocycles. The fourth-order valence-electron chi connectivity index (χ4n) is 2.17. The minimum atomic E-state index is -0.365. The van der Waals surface area contributed by atoms with Gasteiger partial charge in [0, 0.05) is 18.3 Å². The second kappa shape index (κ2) is 5.34. The summed E-state index contributed by atoms with van der Waals surface area (Å²) in [5.41, 5.74) is 2.66. The predicted molar refractivity (Wildman–Crippen MR) is 85.5 cm³/mol. The summed E-state index contributed by atoms with van der Waals surface area (Å²) in [6, 6.07) is 5.61. The number of benzene rings is 1. The molecule has 1 N–H and O–H groups in total. The monoisotopic (exact) mass is 316 g/mol. The Morgan fingerprint density at radius 3 is 2.59 bits per heavy atom. The molecule has 1 amide bonds. The zero-order valence-corrected chi connectivity index (χ0v) is 12.8. The van der Waals surface area contributed by atoms with E-state index in [1.54, 1.807) is 17.0 Å². The van der Waals surface area contributed by atoms with Crippen LogP contribution in [0.2, 0.25) is 0 Å². The molecule has 0 spiro atoms. The highest BCUT2D eigenvalue weighted by Gasteiger charge is 2.32. The van der Waals surface area contributed by atoms with E-state index in [9.17, 15) is 9.18 Å². The van der Waals surface area contributed by atoms with Gasteiger partial charge in [0.15, 0.2) is 5.11 Å². The molecule has 0 unspecified atom stereocenters. The normalized spacial score (nSPS) is 16.5. The first-order valence-electron chi connectivity index (χ1n) is 6.58. The summed E-state index contributed by atoms with van der Waals surface area (Å²) in [5, 5.41) is 7.29. The number of anilines is 1. The molecular formula is C15H13FN4OS. The second-order valence-corrected chi connectivity index (χ2v) is 5.30. The van der Waals surface area contributed by atoms with Crippen molar-refractivity contribution in [3.63, 3.8) is 0 Å². The lowest BCUT2D eigenvalue weighted by Crippen LogP contribution is -2.30. The van der Waals surface area contributed by atoms with Gasteiger partial charge in [-0.3, -0.25) is 14.4 Å². The Bertz CT molecular complexity index is 794. The number of carbonyl (C=O) groups is 1. The lowest BCUT2D eigenvalue weighted by Gasteiger charge is -2.13. The zero-order chi connectivity index (χ0) is 15.9. The van der Waals surface area contributed by atoms with Crippen molar-refractivity contribution < 1.29 is 9.18 Å². The van der Waals surface area contributed by atoms with E-state index in [2.05, 4.69) is 10.4 Å². The van der Waals surface area contributed by atoms with Crippen molar-refractivity contribution in [3.8, 4) is 0 Å². The fourth-order valence-corrected chi connectivity index (χ4v) is 2.47. The average molecular weight is 316 g/mol. The van der Waals surface area contributed by atoms with Gasteiger partial charge in [0.1, 0.15) is 11.5 Å². The summed E-state index contributed by atoms with van der Waals surface area (Å²) < 4.78 is 14.7. The fraction of sp³-hybridized carbons (Fsp3) is 0.133. The van der Waals surface area contributed by atoms with E-state index in [0.29, 0.717) is 11.4 Å². The average Bonchev–Trinajstić information content (AvgIpc) is 2.94. The van der Waals surface area contributed by atoms with Crippen LogP contribution in [0, 0.1) is 12.7 Å². The molecule has 0 radical (unpaired) electrons. The zero-order valence-electron chi connectivity index (χ0n) is 12.0. The van der Waals surface area contributed by atoms with Crippen LogP contribution in [0.5, 0.6) is 0 Å². The molecule has 1 aromatic carbocycles. The van der Waals surface area contributed by atoms with E-state index in [4.69, 9.17) is 12.2 Å². The SMILES string of the molecule is Cc1c(C=C2NC(=S)N(c3ccc(F)cc3)C2=O)cnn1C. The summed E-state index contributed by atoms with van der Waals surface area (Å²) >= 11 is 5.20. The molecule has 1 aliphatic heterocycles. The maximum Gasteiger partial charge on any atom is 0.281 e. The van der Waals surface area contributed by atoms with Gasteiger partial charge in [-0.15, -0.1) is 0 Å². The van der Waals surface area contributed by atoms with E-state index in [0.717, 1.165) is 11.3 Å². The Balaban J connectivity index is 1.94. The first kappa shape index (κ1) is 14.4. The van der Waals surface area contributed by atoms with Crippen LogP contribution in [0.15, 0.2) is 36.2 Å². The van der Waals surface area contributed by atoms with Crippen LogP contribution < -0.4 is 10.2 Å². The van der Waals surface area contributed by atoms with Crippen molar-refractivity contribution in [2.24, 2.45) is 7.05 Å². The quantitative estimate of drug-likeness (QED) is 0.681. The van der Waals surface area contributed by atoms with Crippen LogP contribution in [0.25, 0.3) is 6.08 Å². The molecular weight excluding hydrogens is 303 g/mol. The van der Waals surface area contributed by atoms with Gasteiger partial charge in [-0.25, -0.2) is 4.39 Å². The van der Waals surface area contributed by atoms with Crippen LogP contribution in [-0.2, 0) is 11.8 Å². The highest BCUT2D eigenvalue weighted by molar-refractivity contribution is 7.80. The van der Waals surface area contributed by atoms with Crippen molar-refractivity contribution in [1.29, 1.82) is 0 Å². The predicted octanol–water partition coefficient (Wildman–Crippen LogP) is 2.13. The molecule has 7 heteroatoms. The largest absolute Gasteiger partial charge is 0.327 e. The number of aromatic nitrogens is 2. The van der Waals surface area contributed by atoms with E-state index in [1.165, 1.54) is 29.2 Å². The Morgan fingerprint density at radius 2 is 2.00 bits per heavy atom. The van der Waals surface area contributed by atoms with Crippen LogP contribution in [0.3, 0.4) is 0 Å². The van der Waals surface area contributed by atoms with Gasteiger partial charge in [0.05, 0.1) is 11.9 Å². The maximum absolute atomic E-state index is 13.0. The van der Waals surface area contributed by atoms with Gasteiger partial charge in [0.2, 0.25) is 0 Å². The smallest absolute Gasteiger partial charge is 0.281 e. The third-order valence-electron chi connectivity index (χ3n) is 3.54. The van der Waals surface area contributed by atoms with Gasteiger partial charge < -0.3 is 5.32 Å². The third-order valence-corrected chi connectivity index (χ3v) is 3.82. The number of hydrogen-bond donors (Lipinski definition) is 1. The van der Waals surface area contributed by atoms with E-state index >= 15 is 0 Å². The van der Waals surface area contributed by atoms with Gasteiger partial charge in [0.25, 0.3) is 5.91 Å². The number of thiocarbonyl (C=S) groups is 1. The van der Waals surface area contributed by atoms with Crippen LogP contribution >= 0.6 is 12.2 Å². The Morgan fingerprint density at radius 1 is 1.32 bits per heavy atom. The molecule has 0 bridgehead atoms. The first-order valence-corrected chi connectivity index (χ1v) is 6.99. The third kappa shape index (κ3) is 2.39. The van der Waals surface area contributed by atoms with Gasteiger partial charge in [-0.1, -0.05) is 0 Å². The Hall–Kier alpha value is -2.54. The highest BCUT2D eigenvalue weighted by atomic mass is 32.1. The van der Waals surface area contributed by atoms with Crippen LogP contribution in [-0.4, -0.2) is 20.8 Å². The van der Waals surface area contributed by atoms with Crippen molar-refractivity contribution in [1.82, 2.24) is 15.1 Å². The second-order valence-electron chi connectivity index (χ2n) is 4.91. The number of carbonyl (C=O) groups excluding carboxylic acids is 1. The van der Waals surface area contributed by atoms with E-state index in [-0.39, 0.29) is 16.8 Å². The summed E-state index contributed by atoms with van der Waals surface area (Å²) in [6.07, 6.45) is 3.39. The summed E-state index contributed by atoms with van der Waals surface area (Å²) in [6.45, 7) is 1.91. The molecule has 5 nitrogen and oxygen atoms in total. The molecule has 1 fully saturated rings. The minimum Gasteiger partial charge on any atom is -0.327 e. The first-order chi connectivity index (χ1) is 10.5. The lowest BCUT2D eigenvalue weighted by molar-refractivity contribution is -0.113. The van der Waals surface area contributed by atoms with E-state index in [1.807, 2.05) is 14.0 Å². The van der Waals surface area contributed by atoms with Crippen molar-refractivity contribution in [2.75, 3.05) is 4.90 Å². The van der Waals surface area contributed by atoms with Gasteiger partial charge >= 0.3 is 0 Å². The topological polar surface area (TPSA) is 50.2 Å². The van der Waals surface area contributed by atoms with Gasteiger partial charge in [-0.2, -0.15) is 5.10 Å². The molecule has 112 valence electrons. The molecule has 2 aromatic rings. The number of aryl methyl sites for hydroxylation is 1. The molecule has 3 rings (SSSR count). The molecule has 0 atom stereocenters. The summed E-state index contributed by atoms with van der Waals surface area (Å²) in [4.78, 5) is 13.9. The number of nitrogens with one attached hydrogen (secondary N) is 1. The standard InChI is InChI=1S/C15H13FN4OS/c1-9-10(8-17-19(9)2)7-13-14(21)20(15(22)18-13)12-5-3-11(16)4-6-12/h3-8H,1-2H3,(H,18,22). The molecule has 2 heterocycles. The van der Waals surface area contributed by atoms with E-state index < -0.39 is 0 Å². The van der Waals surface area contributed by atoms with Crippen molar-refractivity contribution in [2.45, 2.75) is 6.92 Å².